The predicted molar refractivity (Wildman–Crippen MR) is 78.3 cm³/mol. The zero-order valence-electron chi connectivity index (χ0n) is 11.9. The fourth-order valence-electron chi connectivity index (χ4n) is 2.90. The van der Waals surface area contributed by atoms with Crippen molar-refractivity contribution in [1.82, 2.24) is 10.2 Å². The minimum Gasteiger partial charge on any atom is -0.495 e. The first kappa shape index (κ1) is 13.4. The SMILES string of the molecule is COc1cc(CCN2CCNCC2)cc2c1NC(=O)C2. The Bertz CT molecular complexity index is 510. The summed E-state index contributed by atoms with van der Waals surface area (Å²) in [4.78, 5) is 14.0. The number of nitrogens with zero attached hydrogens (tertiary/aromatic N) is 1. The lowest BCUT2D eigenvalue weighted by Gasteiger charge is -2.27. The fourth-order valence-corrected chi connectivity index (χ4v) is 2.90. The second-order valence-corrected chi connectivity index (χ2v) is 5.40. The van der Waals surface area contributed by atoms with Gasteiger partial charge in [0, 0.05) is 32.7 Å². The lowest BCUT2D eigenvalue weighted by molar-refractivity contribution is -0.115. The average Bonchev–Trinajstić information content (AvgIpc) is 2.85. The van der Waals surface area contributed by atoms with E-state index < -0.39 is 0 Å². The Morgan fingerprint density at radius 1 is 1.30 bits per heavy atom. The van der Waals surface area contributed by atoms with Crippen LogP contribution in [0.1, 0.15) is 11.1 Å². The Kier molecular flexibility index (Phi) is 3.89. The van der Waals surface area contributed by atoms with Crippen molar-refractivity contribution < 1.29 is 9.53 Å². The maximum absolute atomic E-state index is 11.5. The molecule has 3 rings (SSSR count). The Hall–Kier alpha value is -1.59. The van der Waals surface area contributed by atoms with Crippen LogP contribution < -0.4 is 15.4 Å². The number of benzene rings is 1. The van der Waals surface area contributed by atoms with Gasteiger partial charge in [-0.3, -0.25) is 4.79 Å². The lowest BCUT2D eigenvalue weighted by Crippen LogP contribution is -2.44. The molecule has 2 aliphatic heterocycles. The van der Waals surface area contributed by atoms with Crippen molar-refractivity contribution in [1.29, 1.82) is 0 Å². The Morgan fingerprint density at radius 2 is 2.10 bits per heavy atom. The summed E-state index contributed by atoms with van der Waals surface area (Å²) in [6.07, 6.45) is 1.46. The molecule has 0 aromatic heterocycles. The van der Waals surface area contributed by atoms with Gasteiger partial charge in [0.1, 0.15) is 5.75 Å². The molecule has 1 aromatic carbocycles. The van der Waals surface area contributed by atoms with Crippen LogP contribution in [0.2, 0.25) is 0 Å². The van der Waals surface area contributed by atoms with Crippen LogP contribution in [0, 0.1) is 0 Å². The first-order chi connectivity index (χ1) is 9.76. The zero-order valence-corrected chi connectivity index (χ0v) is 11.9. The summed E-state index contributed by atoms with van der Waals surface area (Å²) in [5.74, 6) is 0.834. The normalized spacial score (nSPS) is 18.8. The number of carbonyl (C=O) groups is 1. The number of amides is 1. The van der Waals surface area contributed by atoms with E-state index in [4.69, 9.17) is 4.74 Å². The molecule has 5 heteroatoms. The maximum Gasteiger partial charge on any atom is 0.228 e. The van der Waals surface area contributed by atoms with Crippen LogP contribution in [-0.2, 0) is 17.6 Å². The van der Waals surface area contributed by atoms with Crippen molar-refractivity contribution in [3.05, 3.63) is 23.3 Å². The second kappa shape index (κ2) is 5.81. The van der Waals surface area contributed by atoms with E-state index in [-0.39, 0.29) is 5.91 Å². The summed E-state index contributed by atoms with van der Waals surface area (Å²) < 4.78 is 5.40. The smallest absolute Gasteiger partial charge is 0.228 e. The van der Waals surface area contributed by atoms with Gasteiger partial charge in [0.05, 0.1) is 19.2 Å². The van der Waals surface area contributed by atoms with Crippen LogP contribution in [0.25, 0.3) is 0 Å². The molecule has 2 heterocycles. The number of rotatable bonds is 4. The molecule has 0 spiro atoms. The Balaban J connectivity index is 1.70. The number of hydrogen-bond donors (Lipinski definition) is 2. The zero-order chi connectivity index (χ0) is 13.9. The minimum absolute atomic E-state index is 0.0533. The third kappa shape index (κ3) is 2.78. The maximum atomic E-state index is 11.5. The van der Waals surface area contributed by atoms with Gasteiger partial charge >= 0.3 is 0 Å². The van der Waals surface area contributed by atoms with Crippen molar-refractivity contribution in [2.45, 2.75) is 12.8 Å². The van der Waals surface area contributed by atoms with E-state index in [9.17, 15) is 4.79 Å². The van der Waals surface area contributed by atoms with Crippen LogP contribution in [0.4, 0.5) is 5.69 Å². The van der Waals surface area contributed by atoms with Crippen LogP contribution >= 0.6 is 0 Å². The minimum atomic E-state index is 0.0533. The molecule has 5 nitrogen and oxygen atoms in total. The molecule has 1 amide bonds. The third-order valence-corrected chi connectivity index (χ3v) is 4.01. The molecule has 0 unspecified atom stereocenters. The van der Waals surface area contributed by atoms with Gasteiger partial charge in [-0.1, -0.05) is 6.07 Å². The number of hydrogen-bond acceptors (Lipinski definition) is 4. The molecule has 2 aliphatic rings. The quantitative estimate of drug-likeness (QED) is 0.846. The number of methoxy groups -OCH3 is 1. The highest BCUT2D eigenvalue weighted by molar-refractivity contribution is 6.01. The lowest BCUT2D eigenvalue weighted by atomic mass is 10.0. The highest BCUT2D eigenvalue weighted by atomic mass is 16.5. The molecule has 0 atom stereocenters. The largest absolute Gasteiger partial charge is 0.495 e. The van der Waals surface area contributed by atoms with Crippen LogP contribution in [0.3, 0.4) is 0 Å². The summed E-state index contributed by atoms with van der Waals surface area (Å²) in [5.41, 5.74) is 3.16. The number of carbonyl (C=O) groups excluding carboxylic acids is 1. The van der Waals surface area contributed by atoms with Crippen molar-refractivity contribution >= 4 is 11.6 Å². The highest BCUT2D eigenvalue weighted by Gasteiger charge is 2.22. The van der Waals surface area contributed by atoms with Gasteiger partial charge in [-0.15, -0.1) is 0 Å². The summed E-state index contributed by atoms with van der Waals surface area (Å²) in [6.45, 7) is 5.44. The molecule has 1 fully saturated rings. The van der Waals surface area contributed by atoms with E-state index in [2.05, 4.69) is 21.6 Å². The average molecular weight is 275 g/mol. The van der Waals surface area contributed by atoms with Crippen LogP contribution in [0.5, 0.6) is 5.75 Å². The summed E-state index contributed by atoms with van der Waals surface area (Å²) in [7, 11) is 1.65. The molecule has 0 aliphatic carbocycles. The molecular formula is C15H21N3O2. The summed E-state index contributed by atoms with van der Waals surface area (Å²) >= 11 is 0. The summed E-state index contributed by atoms with van der Waals surface area (Å²) in [5, 5.41) is 6.23. The number of nitrogens with one attached hydrogen (secondary N) is 2. The van der Waals surface area contributed by atoms with E-state index >= 15 is 0 Å². The Labute approximate surface area is 119 Å². The number of fused-ring (bicyclic) bond motifs is 1. The van der Waals surface area contributed by atoms with Gasteiger partial charge in [0.2, 0.25) is 5.91 Å². The van der Waals surface area contributed by atoms with E-state index in [0.29, 0.717) is 6.42 Å². The first-order valence-corrected chi connectivity index (χ1v) is 7.19. The molecule has 20 heavy (non-hydrogen) atoms. The van der Waals surface area contributed by atoms with Crippen molar-refractivity contribution in [2.24, 2.45) is 0 Å². The third-order valence-electron chi connectivity index (χ3n) is 4.01. The molecule has 0 saturated carbocycles. The van der Waals surface area contributed by atoms with E-state index in [1.165, 1.54) is 5.56 Å². The second-order valence-electron chi connectivity index (χ2n) is 5.40. The molecule has 0 radical (unpaired) electrons. The summed E-state index contributed by atoms with van der Waals surface area (Å²) in [6, 6.07) is 4.19. The monoisotopic (exact) mass is 275 g/mol. The van der Waals surface area contributed by atoms with E-state index in [1.807, 2.05) is 6.07 Å². The van der Waals surface area contributed by atoms with Crippen LogP contribution in [0.15, 0.2) is 12.1 Å². The number of piperazine rings is 1. The molecular weight excluding hydrogens is 254 g/mol. The van der Waals surface area contributed by atoms with E-state index in [1.54, 1.807) is 7.11 Å². The van der Waals surface area contributed by atoms with Crippen molar-refractivity contribution in [2.75, 3.05) is 45.2 Å². The van der Waals surface area contributed by atoms with E-state index in [0.717, 1.165) is 56.1 Å². The van der Waals surface area contributed by atoms with Gasteiger partial charge < -0.3 is 20.3 Å². The fraction of sp³-hybridized carbons (Fsp3) is 0.533. The van der Waals surface area contributed by atoms with Crippen LogP contribution in [-0.4, -0.2) is 50.6 Å². The van der Waals surface area contributed by atoms with Gasteiger partial charge in [0.25, 0.3) is 0 Å². The van der Waals surface area contributed by atoms with Gasteiger partial charge in [-0.05, 0) is 23.6 Å². The van der Waals surface area contributed by atoms with Gasteiger partial charge in [0.15, 0.2) is 0 Å². The molecule has 1 saturated heterocycles. The number of anilines is 1. The van der Waals surface area contributed by atoms with Gasteiger partial charge in [-0.2, -0.15) is 0 Å². The topological polar surface area (TPSA) is 53.6 Å². The molecule has 108 valence electrons. The number of ether oxygens (including phenoxy) is 1. The van der Waals surface area contributed by atoms with Gasteiger partial charge in [-0.25, -0.2) is 0 Å². The molecule has 2 N–H and O–H groups in total. The van der Waals surface area contributed by atoms with Crippen molar-refractivity contribution in [3.8, 4) is 5.75 Å². The standard InChI is InChI=1S/C15H21N3O2/c1-20-13-9-11(2-5-18-6-3-16-4-7-18)8-12-10-14(19)17-15(12)13/h8-9,16H,2-7,10H2,1H3,(H,17,19). The molecule has 1 aromatic rings. The van der Waals surface area contributed by atoms with Crippen molar-refractivity contribution in [3.63, 3.8) is 0 Å². The predicted octanol–water partition coefficient (Wildman–Crippen LogP) is 0.637. The molecule has 0 bridgehead atoms. The highest BCUT2D eigenvalue weighted by Crippen LogP contribution is 2.34. The Morgan fingerprint density at radius 3 is 2.85 bits per heavy atom. The first-order valence-electron chi connectivity index (χ1n) is 7.19.